The van der Waals surface area contributed by atoms with Gasteiger partial charge in [-0.1, -0.05) is 215 Å². The van der Waals surface area contributed by atoms with Crippen LogP contribution in [0, 0.1) is 0 Å². The summed E-state index contributed by atoms with van der Waals surface area (Å²) in [4.78, 5) is 0. The topological polar surface area (TPSA) is 260 Å². The van der Waals surface area contributed by atoms with Gasteiger partial charge in [-0.2, -0.15) is 64.8 Å². The maximum Gasteiger partial charge on any atom is 1.00 e. The summed E-state index contributed by atoms with van der Waals surface area (Å²) >= 11 is 0. The van der Waals surface area contributed by atoms with Gasteiger partial charge in [0, 0.05) is 13.2 Å². The number of unbranched alkanes of at least 4 members (excludes halogenated alkanes) is 27. The number of rotatable bonds is 40. The maximum atomic E-state index is 11.9. The molecule has 0 amide bonds. The Kier molecular flexibility index (Phi) is 60.1. The quantitative estimate of drug-likeness (QED) is 0.0159. The van der Waals surface area contributed by atoms with Gasteiger partial charge in [0.2, 0.25) is 0 Å². The molecule has 0 spiro atoms. The minimum atomic E-state index is -6.85. The molecule has 0 aliphatic heterocycles. The minimum absolute atomic E-state index is 0. The number of ether oxygens (including phenoxy) is 1. The van der Waals surface area contributed by atoms with Crippen LogP contribution < -0.4 is 56.5 Å². The molecule has 2 heterocycles. The van der Waals surface area contributed by atoms with Gasteiger partial charge < -0.3 is 39.1 Å². The van der Waals surface area contributed by atoms with E-state index in [0.29, 0.717) is 43.3 Å². The first-order valence-electron chi connectivity index (χ1n) is 28.8. The zero-order valence-corrected chi connectivity index (χ0v) is 56.4. The van der Waals surface area contributed by atoms with E-state index in [4.69, 9.17) is 34.0 Å². The van der Waals surface area contributed by atoms with Crippen molar-refractivity contribution < 1.29 is 163 Å². The van der Waals surface area contributed by atoms with Crippen LogP contribution >= 0.6 is 0 Å². The third kappa shape index (κ3) is 58.8. The monoisotopic (exact) mass is 1320 g/mol. The van der Waals surface area contributed by atoms with Crippen LogP contribution in [0.2, 0.25) is 0 Å². The molecule has 0 bridgehead atoms. The molecule has 4 N–H and O–H groups in total. The Bertz CT molecular complexity index is 2020. The summed E-state index contributed by atoms with van der Waals surface area (Å²) in [5.74, 6) is 2.37. The van der Waals surface area contributed by atoms with Crippen LogP contribution in [-0.2, 0) is 69.3 Å². The van der Waals surface area contributed by atoms with Crippen LogP contribution in [0.4, 0.5) is 39.5 Å². The first kappa shape index (κ1) is 91.8. The first-order valence-corrected chi connectivity index (χ1v) is 33.0. The molecule has 2 aromatic rings. The van der Waals surface area contributed by atoms with E-state index in [1.165, 1.54) is 148 Å². The predicted molar refractivity (Wildman–Crippen MR) is 299 cm³/mol. The largest absolute Gasteiger partial charge is 1.00 e. The second kappa shape index (κ2) is 55.0. The van der Waals surface area contributed by atoms with Gasteiger partial charge in [-0.3, -0.25) is 4.18 Å². The Morgan fingerprint density at radius 3 is 0.893 bits per heavy atom. The van der Waals surface area contributed by atoms with Gasteiger partial charge in [0.1, 0.15) is 49.5 Å². The standard InChI is InChI=1S/C18H32O3.C13H25F3O3S.C12H26O.C6H8O3.C4H9O.C2F6O5S2.K/c1-2-3-4-5-6-7-8-9-10-11-14-20-16-18-13-12-17(15-19)21-18;1-2-3-4-5-6-7-8-9-10-11-12-19-20(17,18)13(14,15)16;1-2-3-4-5-6-7-8-9-10-11-12-13;7-3-5-1-2-6(4-8)9-5;1-4(2,3)5;3-1(4,5)14(9,10)13-15(11,12)2(6,7)8;/h12-13,19H,2-11,14-16H2,1H3;2-12H2,1H3;13H,2-12H2,1H3;1-2,7-8H,3-4H2;1-3H3;;/q;;;;-1;;+1. The first-order chi connectivity index (χ1) is 38.7. The Morgan fingerprint density at radius 1 is 0.405 bits per heavy atom. The summed E-state index contributed by atoms with van der Waals surface area (Å²) in [5.41, 5.74) is -18.6. The maximum absolute atomic E-state index is 11.9. The fraction of sp³-hybridized carbons (Fsp3) is 0.855. The molecule has 0 aliphatic rings. The van der Waals surface area contributed by atoms with Gasteiger partial charge in [-0.05, 0) is 43.5 Å². The van der Waals surface area contributed by atoms with Crippen LogP contribution in [0.3, 0.4) is 0 Å². The Labute approximate surface area is 538 Å². The van der Waals surface area contributed by atoms with Crippen LogP contribution in [0.25, 0.3) is 0 Å². The molecular weight excluding hydrogens is 1220 g/mol. The van der Waals surface area contributed by atoms with E-state index in [1.807, 2.05) is 9.70 Å². The van der Waals surface area contributed by atoms with Crippen LogP contribution in [0.15, 0.2) is 33.1 Å². The van der Waals surface area contributed by atoms with E-state index in [0.717, 1.165) is 44.5 Å². The smallest absolute Gasteiger partial charge is 0.850 e. The third-order valence-electron chi connectivity index (χ3n) is 11.1. The van der Waals surface area contributed by atoms with Crippen LogP contribution in [-0.4, -0.2) is 87.6 Å². The van der Waals surface area contributed by atoms with Crippen molar-refractivity contribution in [3.05, 3.63) is 47.3 Å². The Balaban J connectivity index is -0.000000309. The second-order valence-electron chi connectivity index (χ2n) is 20.2. The van der Waals surface area contributed by atoms with Crippen molar-refractivity contribution in [1.82, 2.24) is 0 Å². The van der Waals surface area contributed by atoms with Crippen molar-refractivity contribution >= 4 is 30.4 Å². The van der Waals surface area contributed by atoms with E-state index in [1.54, 1.807) is 39.0 Å². The van der Waals surface area contributed by atoms with E-state index >= 15 is 0 Å². The number of halogens is 9. The number of aliphatic hydroxyl groups is 4. The van der Waals surface area contributed by atoms with Gasteiger partial charge in [0.25, 0.3) is 0 Å². The van der Waals surface area contributed by atoms with E-state index in [2.05, 4.69) is 25.0 Å². The molecule has 0 aromatic carbocycles. The normalized spacial score (nSPS) is 12.0. The summed E-state index contributed by atoms with van der Waals surface area (Å²) in [6.45, 7) is 12.6. The molecular formula is C55H100F9KO16S3. The molecule has 0 radical (unpaired) electrons. The van der Waals surface area contributed by atoms with E-state index < -0.39 is 59.1 Å². The summed E-state index contributed by atoms with van der Waals surface area (Å²) in [5, 5.41) is 44.5. The molecule has 0 saturated carbocycles. The summed E-state index contributed by atoms with van der Waals surface area (Å²) in [6, 6.07) is 6.92. The van der Waals surface area contributed by atoms with Gasteiger partial charge in [0.15, 0.2) is 0 Å². The summed E-state index contributed by atoms with van der Waals surface area (Å²) in [6.07, 6.45) is 37.0. The minimum Gasteiger partial charge on any atom is -0.850 e. The molecule has 0 fully saturated rings. The predicted octanol–water partition coefficient (Wildman–Crippen LogP) is 12.0. The van der Waals surface area contributed by atoms with Crippen molar-refractivity contribution in [1.29, 1.82) is 0 Å². The Morgan fingerprint density at radius 2 is 0.643 bits per heavy atom. The average molecular weight is 1320 g/mol. The molecule has 84 heavy (non-hydrogen) atoms. The van der Waals surface area contributed by atoms with Crippen molar-refractivity contribution in [2.45, 2.75) is 283 Å². The third-order valence-corrected chi connectivity index (χ3v) is 14.7. The van der Waals surface area contributed by atoms with Gasteiger partial charge >= 0.3 is 98.3 Å². The fourth-order valence-corrected chi connectivity index (χ4v) is 8.69. The number of furan rings is 2. The molecule has 498 valence electrons. The molecule has 0 saturated heterocycles. The van der Waals surface area contributed by atoms with Crippen molar-refractivity contribution in [2.75, 3.05) is 19.8 Å². The number of hydrogen-bond acceptors (Lipinski definition) is 16. The van der Waals surface area contributed by atoms with Gasteiger partial charge in [-0.15, -0.1) is 9.23 Å². The molecule has 2 aromatic heterocycles. The molecule has 0 atom stereocenters. The van der Waals surface area contributed by atoms with Gasteiger partial charge in [0.05, 0.1) is 6.61 Å². The number of alkyl halides is 9. The molecule has 0 aliphatic carbocycles. The molecule has 0 unspecified atom stereocenters. The van der Waals surface area contributed by atoms with Crippen molar-refractivity contribution in [2.24, 2.45) is 0 Å². The summed E-state index contributed by atoms with van der Waals surface area (Å²) < 4.78 is 187. The zero-order valence-electron chi connectivity index (χ0n) is 50.8. The molecule has 16 nitrogen and oxygen atoms in total. The fourth-order valence-electron chi connectivity index (χ4n) is 6.66. The van der Waals surface area contributed by atoms with Crippen molar-refractivity contribution in [3.8, 4) is 0 Å². The zero-order chi connectivity index (χ0) is 64.3. The van der Waals surface area contributed by atoms with Crippen LogP contribution in [0.1, 0.15) is 257 Å². The summed E-state index contributed by atoms with van der Waals surface area (Å²) in [7, 11) is -19.1. The van der Waals surface area contributed by atoms with E-state index in [9.17, 15) is 69.9 Å². The number of hydrogen-bond donors (Lipinski definition) is 4. The van der Waals surface area contributed by atoms with Crippen molar-refractivity contribution in [3.63, 3.8) is 0 Å². The number of aliphatic hydroxyl groups excluding tert-OH is 4. The molecule has 2 rings (SSSR count). The molecule has 29 heteroatoms. The van der Waals surface area contributed by atoms with Gasteiger partial charge in [-0.25, -0.2) is 0 Å². The average Bonchev–Trinajstić information content (AvgIpc) is 4.21. The SMILES string of the molecule is CC(C)(C)[O-].CCCCCCCCCCCCO.CCCCCCCCCCCCOCc1ccc(CO)o1.CCCCCCCCCCCCOS(=O)(=O)C(F)(F)F.O=S(=O)(OS(=O)(=O)C(F)(F)F)C(F)(F)F.OCc1ccc(CO)o1.[K+]. The second-order valence-corrected chi connectivity index (χ2v) is 25.1. The Hall–Kier alpha value is -0.904. The van der Waals surface area contributed by atoms with Crippen LogP contribution in [0.5, 0.6) is 0 Å². The van der Waals surface area contributed by atoms with E-state index in [-0.39, 0.29) is 71.2 Å².